The van der Waals surface area contributed by atoms with Gasteiger partial charge in [-0.3, -0.25) is 5.41 Å². The zero-order valence-electron chi connectivity index (χ0n) is 8.72. The molecule has 0 rings (SSSR count). The van der Waals surface area contributed by atoms with E-state index in [2.05, 4.69) is 9.44 Å². The van der Waals surface area contributed by atoms with Gasteiger partial charge in [0, 0.05) is 6.54 Å². The average Bonchev–Trinajstić information content (AvgIpc) is 2.02. The molecule has 0 bridgehead atoms. The average molecular weight is 222 g/mol. The van der Waals surface area contributed by atoms with Crippen LogP contribution in [0.4, 0.5) is 0 Å². The van der Waals surface area contributed by atoms with Crippen LogP contribution >= 0.6 is 0 Å². The second-order valence-electron chi connectivity index (χ2n) is 3.20. The predicted molar refractivity (Wildman–Crippen MR) is 56.3 cm³/mol. The van der Waals surface area contributed by atoms with Crippen LogP contribution in [0.5, 0.6) is 0 Å². The minimum absolute atomic E-state index is 0.193. The standard InChI is InChI=1S/C7H18N4O2S/c1-4-7(3,6(8)9)11-14(12,13)10-5-2/h10-11H,4-5H2,1-3H3,(H3,8,9). The minimum Gasteiger partial charge on any atom is -0.386 e. The molecule has 7 heteroatoms. The Morgan fingerprint density at radius 1 is 1.50 bits per heavy atom. The summed E-state index contributed by atoms with van der Waals surface area (Å²) in [7, 11) is -3.57. The van der Waals surface area contributed by atoms with Crippen molar-refractivity contribution in [2.24, 2.45) is 5.73 Å². The Kier molecular flexibility index (Phi) is 4.50. The Hall–Kier alpha value is -0.660. The monoisotopic (exact) mass is 222 g/mol. The van der Waals surface area contributed by atoms with Crippen molar-refractivity contribution in [2.75, 3.05) is 6.54 Å². The summed E-state index contributed by atoms with van der Waals surface area (Å²) < 4.78 is 27.3. The van der Waals surface area contributed by atoms with Crippen molar-refractivity contribution in [3.63, 3.8) is 0 Å². The molecular formula is C7H18N4O2S. The second-order valence-corrected chi connectivity index (χ2v) is 4.70. The SMILES string of the molecule is CCNS(=O)(=O)NC(C)(CC)C(=N)N. The largest absolute Gasteiger partial charge is 0.386 e. The summed E-state index contributed by atoms with van der Waals surface area (Å²) in [5.74, 6) is -0.193. The van der Waals surface area contributed by atoms with Gasteiger partial charge in [0.2, 0.25) is 0 Å². The summed E-state index contributed by atoms with van der Waals surface area (Å²) in [6, 6.07) is 0. The molecule has 1 atom stereocenters. The van der Waals surface area contributed by atoms with Gasteiger partial charge in [0.1, 0.15) is 5.84 Å². The van der Waals surface area contributed by atoms with Crippen LogP contribution < -0.4 is 15.2 Å². The van der Waals surface area contributed by atoms with E-state index in [1.165, 1.54) is 0 Å². The van der Waals surface area contributed by atoms with E-state index >= 15 is 0 Å². The summed E-state index contributed by atoms with van der Waals surface area (Å²) in [5.41, 5.74) is 4.30. The Morgan fingerprint density at radius 2 is 2.00 bits per heavy atom. The molecule has 0 aliphatic heterocycles. The lowest BCUT2D eigenvalue weighted by molar-refractivity contribution is 0.498. The molecule has 0 radical (unpaired) electrons. The molecule has 0 saturated carbocycles. The first-order valence-corrected chi connectivity index (χ1v) is 5.88. The first kappa shape index (κ1) is 13.3. The highest BCUT2D eigenvalue weighted by Crippen LogP contribution is 2.09. The lowest BCUT2D eigenvalue weighted by Crippen LogP contribution is -2.57. The molecule has 0 heterocycles. The zero-order valence-corrected chi connectivity index (χ0v) is 9.53. The first-order chi connectivity index (χ1) is 6.27. The third-order valence-corrected chi connectivity index (χ3v) is 3.38. The molecule has 0 aliphatic rings. The van der Waals surface area contributed by atoms with Gasteiger partial charge < -0.3 is 5.73 Å². The number of rotatable bonds is 6. The summed E-state index contributed by atoms with van der Waals surface area (Å²) in [4.78, 5) is 0. The van der Waals surface area contributed by atoms with E-state index in [1.54, 1.807) is 20.8 Å². The normalized spacial score (nSPS) is 16.2. The highest BCUT2D eigenvalue weighted by Gasteiger charge is 2.30. The lowest BCUT2D eigenvalue weighted by atomic mass is 10.00. The summed E-state index contributed by atoms with van der Waals surface area (Å²) in [6.07, 6.45) is 0.424. The van der Waals surface area contributed by atoms with Gasteiger partial charge in [0.25, 0.3) is 10.2 Å². The van der Waals surface area contributed by atoms with Crippen molar-refractivity contribution >= 4 is 16.0 Å². The Morgan fingerprint density at radius 3 is 2.29 bits per heavy atom. The molecule has 5 N–H and O–H groups in total. The second kappa shape index (κ2) is 4.72. The molecule has 84 valence electrons. The van der Waals surface area contributed by atoms with Crippen LogP contribution in [-0.4, -0.2) is 26.3 Å². The van der Waals surface area contributed by atoms with Gasteiger partial charge in [-0.05, 0) is 13.3 Å². The van der Waals surface area contributed by atoms with E-state index in [4.69, 9.17) is 11.1 Å². The molecule has 0 fully saturated rings. The van der Waals surface area contributed by atoms with Crippen LogP contribution in [0.1, 0.15) is 27.2 Å². The molecule has 1 unspecified atom stereocenters. The number of amidine groups is 1. The summed E-state index contributed by atoms with van der Waals surface area (Å²) >= 11 is 0. The fourth-order valence-electron chi connectivity index (χ4n) is 0.840. The Balaban J connectivity index is 4.71. The van der Waals surface area contributed by atoms with Crippen molar-refractivity contribution in [1.82, 2.24) is 9.44 Å². The molecule has 6 nitrogen and oxygen atoms in total. The van der Waals surface area contributed by atoms with E-state index in [9.17, 15) is 8.42 Å². The van der Waals surface area contributed by atoms with Crippen molar-refractivity contribution < 1.29 is 8.42 Å². The van der Waals surface area contributed by atoms with Gasteiger partial charge in [-0.1, -0.05) is 13.8 Å². The van der Waals surface area contributed by atoms with Gasteiger partial charge in [-0.15, -0.1) is 0 Å². The fraction of sp³-hybridized carbons (Fsp3) is 0.857. The van der Waals surface area contributed by atoms with Crippen molar-refractivity contribution in [2.45, 2.75) is 32.7 Å². The topological polar surface area (TPSA) is 108 Å². The van der Waals surface area contributed by atoms with Gasteiger partial charge >= 0.3 is 0 Å². The van der Waals surface area contributed by atoms with Crippen LogP contribution in [0.3, 0.4) is 0 Å². The molecule has 0 amide bonds. The molecular weight excluding hydrogens is 204 g/mol. The molecule has 0 aromatic heterocycles. The van der Waals surface area contributed by atoms with E-state index in [0.29, 0.717) is 13.0 Å². The van der Waals surface area contributed by atoms with E-state index in [-0.39, 0.29) is 5.84 Å². The van der Waals surface area contributed by atoms with Gasteiger partial charge in [0.15, 0.2) is 0 Å². The number of hydrogen-bond donors (Lipinski definition) is 4. The number of nitrogens with two attached hydrogens (primary N) is 1. The van der Waals surface area contributed by atoms with Crippen molar-refractivity contribution in [1.29, 1.82) is 5.41 Å². The smallest absolute Gasteiger partial charge is 0.277 e. The van der Waals surface area contributed by atoms with Gasteiger partial charge in [-0.25, -0.2) is 4.72 Å². The predicted octanol–water partition coefficient (Wildman–Crippen LogP) is -0.465. The quantitative estimate of drug-likeness (QED) is 0.360. The molecule has 14 heavy (non-hydrogen) atoms. The van der Waals surface area contributed by atoms with Crippen LogP contribution in [0.25, 0.3) is 0 Å². The van der Waals surface area contributed by atoms with E-state index < -0.39 is 15.7 Å². The third kappa shape index (κ3) is 3.60. The van der Waals surface area contributed by atoms with Crippen molar-refractivity contribution in [3.05, 3.63) is 0 Å². The van der Waals surface area contributed by atoms with Crippen LogP contribution in [-0.2, 0) is 10.2 Å². The maximum atomic E-state index is 11.3. The van der Waals surface area contributed by atoms with Gasteiger partial charge in [0.05, 0.1) is 5.54 Å². The van der Waals surface area contributed by atoms with E-state index in [0.717, 1.165) is 0 Å². The molecule has 0 aromatic rings. The third-order valence-electron chi connectivity index (χ3n) is 2.00. The summed E-state index contributed by atoms with van der Waals surface area (Å²) in [5, 5.41) is 7.28. The minimum atomic E-state index is -3.57. The molecule has 0 saturated heterocycles. The first-order valence-electron chi connectivity index (χ1n) is 4.40. The fourth-order valence-corrected chi connectivity index (χ4v) is 2.14. The Labute approximate surface area is 85.0 Å². The lowest BCUT2D eigenvalue weighted by Gasteiger charge is -2.27. The van der Waals surface area contributed by atoms with Crippen LogP contribution in [0.15, 0.2) is 0 Å². The Bertz CT molecular complexity index is 301. The van der Waals surface area contributed by atoms with Crippen molar-refractivity contribution in [3.8, 4) is 0 Å². The van der Waals surface area contributed by atoms with Crippen LogP contribution in [0.2, 0.25) is 0 Å². The van der Waals surface area contributed by atoms with E-state index in [1.807, 2.05) is 0 Å². The van der Waals surface area contributed by atoms with Crippen LogP contribution in [0, 0.1) is 5.41 Å². The highest BCUT2D eigenvalue weighted by molar-refractivity contribution is 7.87. The maximum absolute atomic E-state index is 11.3. The van der Waals surface area contributed by atoms with Gasteiger partial charge in [-0.2, -0.15) is 13.1 Å². The zero-order chi connectivity index (χ0) is 11.4. The number of nitrogens with one attached hydrogen (secondary N) is 3. The molecule has 0 aromatic carbocycles. The highest BCUT2D eigenvalue weighted by atomic mass is 32.2. The molecule has 0 spiro atoms. The summed E-state index contributed by atoms with van der Waals surface area (Å²) in [6.45, 7) is 5.31. The number of hydrogen-bond acceptors (Lipinski definition) is 3. The maximum Gasteiger partial charge on any atom is 0.277 e. The molecule has 0 aliphatic carbocycles.